The average Bonchev–Trinajstić information content (AvgIpc) is 1.72. The molecule has 0 aromatic heterocycles. The third-order valence-electron chi connectivity index (χ3n) is 0.846. The van der Waals surface area contributed by atoms with E-state index in [-0.39, 0.29) is 41.3 Å². The van der Waals surface area contributed by atoms with Gasteiger partial charge in [-0.1, -0.05) is 0 Å². The molecule has 0 aliphatic carbocycles. The van der Waals surface area contributed by atoms with Gasteiger partial charge in [-0.2, -0.15) is 0 Å². The molecule has 0 atom stereocenters. The maximum atomic E-state index is 5.01. The predicted octanol–water partition coefficient (Wildman–Crippen LogP) is -0.246. The van der Waals surface area contributed by atoms with Crippen molar-refractivity contribution in [3.05, 3.63) is 0 Å². The molecule has 1 fully saturated rings. The molecule has 53 valence electrons. The van der Waals surface area contributed by atoms with Gasteiger partial charge in [0.15, 0.2) is 0 Å². The minimum absolute atomic E-state index is 0. The first-order valence-corrected chi connectivity index (χ1v) is 2.28. The molecule has 2 nitrogen and oxygen atoms in total. The van der Waals surface area contributed by atoms with Crippen LogP contribution in [-0.4, -0.2) is 26.3 Å². The molecule has 1 N–H and O–H groups in total. The van der Waals surface area contributed by atoms with Crippen molar-refractivity contribution in [2.75, 3.05) is 26.3 Å². The van der Waals surface area contributed by atoms with E-state index in [1.165, 1.54) is 0 Å². The van der Waals surface area contributed by atoms with Gasteiger partial charge >= 0.3 is 0 Å². The third-order valence-corrected chi connectivity index (χ3v) is 0.846. The quantitative estimate of drug-likeness (QED) is 0.577. The van der Waals surface area contributed by atoms with E-state index < -0.39 is 0 Å². The first kappa shape index (κ1) is 16.5. The van der Waals surface area contributed by atoms with Crippen molar-refractivity contribution < 1.29 is 46.0 Å². The molecule has 1 radical (unpaired) electrons. The summed E-state index contributed by atoms with van der Waals surface area (Å²) in [5.74, 6) is 0. The summed E-state index contributed by atoms with van der Waals surface area (Å²) in [6.45, 7) is 3.83. The van der Waals surface area contributed by atoms with Crippen LogP contribution in [0.4, 0.5) is 4.70 Å². The van der Waals surface area contributed by atoms with Crippen LogP contribution >= 0.6 is 0 Å². The van der Waals surface area contributed by atoms with Gasteiger partial charge in [-0.05, 0) is 0 Å². The summed E-state index contributed by atoms with van der Waals surface area (Å²) in [4.78, 5) is 0. The Bertz CT molecular complexity index is 36.0. The van der Waals surface area contributed by atoms with Crippen LogP contribution in [0.2, 0.25) is 0 Å². The van der Waals surface area contributed by atoms with Gasteiger partial charge in [0.1, 0.15) is 0 Å². The Morgan fingerprint density at radius 1 is 1.11 bits per heavy atom. The molecule has 1 aliphatic heterocycles. The van der Waals surface area contributed by atoms with Crippen molar-refractivity contribution in [1.29, 1.82) is 0 Å². The summed E-state index contributed by atoms with van der Waals surface area (Å²) in [5, 5.41) is 3.16. The number of hydrogen-bond donors (Lipinski definition) is 1. The van der Waals surface area contributed by atoms with Crippen molar-refractivity contribution in [2.45, 2.75) is 0 Å². The normalized spacial score (nSPS) is 16.0. The predicted molar refractivity (Wildman–Crippen MR) is 26.2 cm³/mol. The van der Waals surface area contributed by atoms with Gasteiger partial charge < -0.3 is 10.1 Å². The number of hydrogen-bond acceptors (Lipinski definition) is 2. The number of morpholine rings is 1. The Labute approximate surface area is 77.7 Å². The monoisotopic (exact) mass is 226 g/mol. The van der Waals surface area contributed by atoms with Gasteiger partial charge in [-0.25, -0.2) is 0 Å². The summed E-state index contributed by atoms with van der Waals surface area (Å²) in [6.07, 6.45) is 0. The van der Waals surface area contributed by atoms with Gasteiger partial charge in [-0.15, -0.1) is 0 Å². The van der Waals surface area contributed by atoms with Crippen molar-refractivity contribution in [3.63, 3.8) is 0 Å². The van der Waals surface area contributed by atoms with Crippen LogP contribution in [0.15, 0.2) is 0 Å². The second kappa shape index (κ2) is 11.7. The zero-order valence-electron chi connectivity index (χ0n) is 5.23. The molecule has 1 aliphatic rings. The maximum Gasteiger partial charge on any atom is 0.0591 e. The fraction of sp³-hybridized carbons (Fsp3) is 1.00. The molecule has 0 amide bonds. The molecule has 5 heteroatoms. The molecule has 1 heterocycles. The van der Waals surface area contributed by atoms with E-state index in [9.17, 15) is 0 Å². The van der Waals surface area contributed by atoms with Gasteiger partial charge in [0.2, 0.25) is 0 Å². The van der Waals surface area contributed by atoms with Crippen LogP contribution < -0.4 is 5.32 Å². The number of halogens is 1. The number of nitrogens with one attached hydrogen (secondary N) is 1. The van der Waals surface area contributed by atoms with E-state index >= 15 is 0 Å². The second-order valence-electron chi connectivity index (χ2n) is 1.36. The first-order valence-electron chi connectivity index (χ1n) is 2.28. The molecule has 0 saturated carbocycles. The molecule has 1 saturated heterocycles. The Balaban J connectivity index is -0.000000120. The van der Waals surface area contributed by atoms with Crippen LogP contribution in [0.1, 0.15) is 0 Å². The van der Waals surface area contributed by atoms with Gasteiger partial charge in [-0.3, -0.25) is 4.70 Å². The molecule has 0 bridgehead atoms. The smallest absolute Gasteiger partial charge is 0.0591 e. The van der Waals surface area contributed by atoms with E-state index in [1.807, 2.05) is 0 Å². The maximum absolute atomic E-state index is 5.01. The third kappa shape index (κ3) is 8.99. The Kier molecular flexibility index (Phi) is 21.6. The van der Waals surface area contributed by atoms with E-state index in [1.54, 1.807) is 0 Å². The van der Waals surface area contributed by atoms with Crippen LogP contribution in [0, 0.1) is 0 Å². The Morgan fingerprint density at radius 3 is 1.67 bits per heavy atom. The fourth-order valence-corrected chi connectivity index (χ4v) is 0.516. The molecule has 0 spiro atoms. The van der Waals surface area contributed by atoms with Crippen LogP contribution in [0.25, 0.3) is 0 Å². The molecule has 0 aromatic carbocycles. The van der Waals surface area contributed by atoms with Crippen molar-refractivity contribution >= 4 is 0 Å². The fourth-order valence-electron chi connectivity index (χ4n) is 0.516. The molecule has 0 unspecified atom stereocenters. The van der Waals surface area contributed by atoms with E-state index in [2.05, 4.69) is 5.32 Å². The SMILES string of the molecule is C1COCCN1.F.[Mn].[Zn]. The van der Waals surface area contributed by atoms with Crippen molar-refractivity contribution in [2.24, 2.45) is 0 Å². The minimum atomic E-state index is 0. The van der Waals surface area contributed by atoms with E-state index in [4.69, 9.17) is 4.74 Å². The summed E-state index contributed by atoms with van der Waals surface area (Å²) in [7, 11) is 0. The molecule has 9 heavy (non-hydrogen) atoms. The summed E-state index contributed by atoms with van der Waals surface area (Å²) >= 11 is 0. The van der Waals surface area contributed by atoms with Crippen LogP contribution in [-0.2, 0) is 41.3 Å². The van der Waals surface area contributed by atoms with Crippen LogP contribution in [0.5, 0.6) is 0 Å². The van der Waals surface area contributed by atoms with Gasteiger partial charge in [0.25, 0.3) is 0 Å². The molecular weight excluding hydrogens is 217 g/mol. The van der Waals surface area contributed by atoms with Gasteiger partial charge in [0.05, 0.1) is 13.2 Å². The molecular formula is C4H10FMnNOZn. The summed E-state index contributed by atoms with van der Waals surface area (Å²) in [5.41, 5.74) is 0. The zero-order valence-corrected chi connectivity index (χ0v) is 9.38. The van der Waals surface area contributed by atoms with Crippen molar-refractivity contribution in [3.8, 4) is 0 Å². The standard InChI is InChI=1S/C4H9NO.FH.Mn.Zn/c1-3-6-4-2-5-1;;;/h5H,1-4H2;1H;;. The van der Waals surface area contributed by atoms with E-state index in [0.717, 1.165) is 26.3 Å². The molecule has 1 rings (SSSR count). The zero-order chi connectivity index (χ0) is 4.24. The van der Waals surface area contributed by atoms with Crippen molar-refractivity contribution in [1.82, 2.24) is 5.32 Å². The Hall–Kier alpha value is 0.993. The number of ether oxygens (including phenoxy) is 1. The topological polar surface area (TPSA) is 21.3 Å². The summed E-state index contributed by atoms with van der Waals surface area (Å²) in [6, 6.07) is 0. The largest absolute Gasteiger partial charge is 0.379 e. The average molecular weight is 227 g/mol. The summed E-state index contributed by atoms with van der Waals surface area (Å²) < 4.78 is 5.01. The van der Waals surface area contributed by atoms with Gasteiger partial charge in [0, 0.05) is 49.6 Å². The van der Waals surface area contributed by atoms with Crippen LogP contribution in [0.3, 0.4) is 0 Å². The second-order valence-corrected chi connectivity index (χ2v) is 1.36. The number of rotatable bonds is 0. The molecule has 0 aromatic rings. The Morgan fingerprint density at radius 2 is 1.56 bits per heavy atom. The first-order chi connectivity index (χ1) is 3.00. The minimum Gasteiger partial charge on any atom is -0.379 e. The van der Waals surface area contributed by atoms with E-state index in [0.29, 0.717) is 0 Å².